The number of rotatable bonds is 7. The summed E-state index contributed by atoms with van der Waals surface area (Å²) in [6.45, 7) is 6.42. The molecule has 0 radical (unpaired) electrons. The van der Waals surface area contributed by atoms with Crippen LogP contribution in [0.4, 0.5) is 11.6 Å². The lowest BCUT2D eigenvalue weighted by Gasteiger charge is -2.26. The lowest BCUT2D eigenvalue weighted by Crippen LogP contribution is -2.35. The summed E-state index contributed by atoms with van der Waals surface area (Å²) in [5, 5.41) is 13.4. The second-order valence-electron chi connectivity index (χ2n) is 4.33. The lowest BCUT2D eigenvalue weighted by molar-refractivity contribution is 0.0456. The van der Waals surface area contributed by atoms with Gasteiger partial charge < -0.3 is 15.8 Å². The molecule has 6 heteroatoms. The standard InChI is InChI=1S/C12H23N5O/c1-4-9-10(15-8-16-11(9)17-13)14-7-12(18,5-2)6-3/h8,18H,4-7,13H2,1-3H3,(H2,14,15,16,17). The minimum absolute atomic E-state index is 0.466. The van der Waals surface area contributed by atoms with E-state index in [0.29, 0.717) is 25.2 Å². The molecule has 1 heterocycles. The topological polar surface area (TPSA) is 96.1 Å². The second-order valence-corrected chi connectivity index (χ2v) is 4.33. The molecule has 0 amide bonds. The zero-order valence-electron chi connectivity index (χ0n) is 11.3. The summed E-state index contributed by atoms with van der Waals surface area (Å²) in [6.07, 6.45) is 3.61. The third-order valence-electron chi connectivity index (χ3n) is 3.34. The zero-order chi connectivity index (χ0) is 13.6. The molecule has 0 saturated heterocycles. The maximum Gasteiger partial charge on any atom is 0.148 e. The summed E-state index contributed by atoms with van der Waals surface area (Å²) in [4.78, 5) is 8.26. The van der Waals surface area contributed by atoms with Gasteiger partial charge in [0.15, 0.2) is 0 Å². The Labute approximate surface area is 108 Å². The molecule has 0 aromatic carbocycles. The number of aliphatic hydroxyl groups is 1. The number of nitrogens with zero attached hydrogens (tertiary/aromatic N) is 2. The fourth-order valence-electron chi connectivity index (χ4n) is 1.77. The quantitative estimate of drug-likeness (QED) is 0.432. The van der Waals surface area contributed by atoms with E-state index in [1.807, 2.05) is 20.8 Å². The van der Waals surface area contributed by atoms with E-state index in [0.717, 1.165) is 17.8 Å². The number of nitrogens with two attached hydrogens (primary N) is 1. The first-order chi connectivity index (χ1) is 8.60. The number of hydrogen-bond donors (Lipinski definition) is 4. The maximum atomic E-state index is 10.2. The number of hydrogen-bond acceptors (Lipinski definition) is 6. The summed E-state index contributed by atoms with van der Waals surface area (Å²) < 4.78 is 0. The van der Waals surface area contributed by atoms with Crippen molar-refractivity contribution in [2.75, 3.05) is 17.3 Å². The smallest absolute Gasteiger partial charge is 0.148 e. The van der Waals surface area contributed by atoms with Crippen molar-refractivity contribution in [1.29, 1.82) is 0 Å². The van der Waals surface area contributed by atoms with E-state index >= 15 is 0 Å². The largest absolute Gasteiger partial charge is 0.388 e. The summed E-state index contributed by atoms with van der Waals surface area (Å²) in [5.74, 6) is 6.75. The molecule has 1 rings (SSSR count). The van der Waals surface area contributed by atoms with Crippen molar-refractivity contribution >= 4 is 11.6 Å². The molecule has 0 unspecified atom stereocenters. The van der Waals surface area contributed by atoms with Crippen molar-refractivity contribution in [3.8, 4) is 0 Å². The minimum atomic E-state index is -0.702. The maximum absolute atomic E-state index is 10.2. The highest BCUT2D eigenvalue weighted by molar-refractivity contribution is 5.56. The van der Waals surface area contributed by atoms with Crippen LogP contribution in [0.2, 0.25) is 0 Å². The van der Waals surface area contributed by atoms with Gasteiger partial charge in [0.1, 0.15) is 18.0 Å². The number of hydrazine groups is 1. The molecule has 0 aliphatic carbocycles. The molecule has 0 spiro atoms. The predicted molar refractivity (Wildman–Crippen MR) is 73.2 cm³/mol. The van der Waals surface area contributed by atoms with Crippen LogP contribution in [0.1, 0.15) is 39.2 Å². The summed E-state index contributed by atoms with van der Waals surface area (Å²) in [5.41, 5.74) is 2.78. The van der Waals surface area contributed by atoms with E-state index in [1.54, 1.807) is 0 Å². The molecule has 18 heavy (non-hydrogen) atoms. The van der Waals surface area contributed by atoms with Crippen LogP contribution in [0.15, 0.2) is 6.33 Å². The van der Waals surface area contributed by atoms with Gasteiger partial charge in [-0.15, -0.1) is 0 Å². The van der Waals surface area contributed by atoms with Gasteiger partial charge in [-0.2, -0.15) is 0 Å². The molecule has 0 atom stereocenters. The number of anilines is 2. The number of aromatic nitrogens is 2. The summed E-state index contributed by atoms with van der Waals surface area (Å²) >= 11 is 0. The van der Waals surface area contributed by atoms with Gasteiger partial charge in [0, 0.05) is 12.1 Å². The third-order valence-corrected chi connectivity index (χ3v) is 3.34. The van der Waals surface area contributed by atoms with Crippen LogP contribution in [-0.4, -0.2) is 27.2 Å². The fourth-order valence-corrected chi connectivity index (χ4v) is 1.77. The Morgan fingerprint density at radius 2 is 1.83 bits per heavy atom. The first kappa shape index (κ1) is 14.7. The Morgan fingerprint density at radius 3 is 2.33 bits per heavy atom. The monoisotopic (exact) mass is 253 g/mol. The van der Waals surface area contributed by atoms with Gasteiger partial charge in [0.25, 0.3) is 0 Å². The second kappa shape index (κ2) is 6.51. The van der Waals surface area contributed by atoms with E-state index in [-0.39, 0.29) is 0 Å². The van der Waals surface area contributed by atoms with Crippen molar-refractivity contribution in [1.82, 2.24) is 9.97 Å². The first-order valence-corrected chi connectivity index (χ1v) is 6.36. The molecule has 1 aromatic heterocycles. The van der Waals surface area contributed by atoms with Gasteiger partial charge in [-0.05, 0) is 19.3 Å². The van der Waals surface area contributed by atoms with Crippen molar-refractivity contribution in [2.45, 2.75) is 45.6 Å². The first-order valence-electron chi connectivity index (χ1n) is 6.36. The van der Waals surface area contributed by atoms with Crippen LogP contribution in [0.5, 0.6) is 0 Å². The highest BCUT2D eigenvalue weighted by atomic mass is 16.3. The third kappa shape index (κ3) is 3.30. The van der Waals surface area contributed by atoms with Gasteiger partial charge in [-0.3, -0.25) is 0 Å². The molecule has 0 aliphatic rings. The summed E-state index contributed by atoms with van der Waals surface area (Å²) in [7, 11) is 0. The van der Waals surface area contributed by atoms with E-state index in [2.05, 4.69) is 20.7 Å². The van der Waals surface area contributed by atoms with Crippen LogP contribution >= 0.6 is 0 Å². The van der Waals surface area contributed by atoms with Gasteiger partial charge in [0.05, 0.1) is 5.60 Å². The Hall–Kier alpha value is -1.40. The van der Waals surface area contributed by atoms with Gasteiger partial charge in [0.2, 0.25) is 0 Å². The molecule has 0 aliphatic heterocycles. The van der Waals surface area contributed by atoms with Crippen molar-refractivity contribution in [2.24, 2.45) is 5.84 Å². The van der Waals surface area contributed by atoms with Gasteiger partial charge in [-0.1, -0.05) is 20.8 Å². The molecule has 1 aromatic rings. The number of nitrogen functional groups attached to an aromatic ring is 1. The summed E-state index contributed by atoms with van der Waals surface area (Å²) in [6, 6.07) is 0. The van der Waals surface area contributed by atoms with E-state index in [1.165, 1.54) is 6.33 Å². The van der Waals surface area contributed by atoms with E-state index in [4.69, 9.17) is 5.84 Å². The lowest BCUT2D eigenvalue weighted by atomic mass is 9.97. The van der Waals surface area contributed by atoms with Crippen molar-refractivity contribution in [3.05, 3.63) is 11.9 Å². The highest BCUT2D eigenvalue weighted by Crippen LogP contribution is 2.21. The molecule has 5 N–H and O–H groups in total. The zero-order valence-corrected chi connectivity index (χ0v) is 11.3. The van der Waals surface area contributed by atoms with Crippen LogP contribution < -0.4 is 16.6 Å². The molecule has 6 nitrogen and oxygen atoms in total. The SMILES string of the molecule is CCc1c(NN)ncnc1NCC(O)(CC)CC. The van der Waals surface area contributed by atoms with Crippen LogP contribution in [0.25, 0.3) is 0 Å². The average Bonchev–Trinajstić information content (AvgIpc) is 2.44. The van der Waals surface area contributed by atoms with Gasteiger partial charge in [-0.25, -0.2) is 15.8 Å². The van der Waals surface area contributed by atoms with E-state index < -0.39 is 5.60 Å². The molecule has 0 saturated carbocycles. The normalized spacial score (nSPS) is 11.4. The van der Waals surface area contributed by atoms with E-state index in [9.17, 15) is 5.11 Å². The molecular weight excluding hydrogens is 230 g/mol. The van der Waals surface area contributed by atoms with Crippen LogP contribution in [0.3, 0.4) is 0 Å². The number of nitrogens with one attached hydrogen (secondary N) is 2. The van der Waals surface area contributed by atoms with Crippen LogP contribution in [-0.2, 0) is 6.42 Å². The minimum Gasteiger partial charge on any atom is -0.388 e. The molecule has 0 bridgehead atoms. The molecule has 102 valence electrons. The highest BCUT2D eigenvalue weighted by Gasteiger charge is 2.22. The average molecular weight is 253 g/mol. The molecular formula is C12H23N5O. The Bertz CT molecular complexity index is 379. The Kier molecular flexibility index (Phi) is 5.30. The van der Waals surface area contributed by atoms with Crippen molar-refractivity contribution < 1.29 is 5.11 Å². The van der Waals surface area contributed by atoms with Crippen molar-refractivity contribution in [3.63, 3.8) is 0 Å². The van der Waals surface area contributed by atoms with Crippen LogP contribution in [0, 0.1) is 0 Å². The molecule has 0 fully saturated rings. The fraction of sp³-hybridized carbons (Fsp3) is 0.667. The van der Waals surface area contributed by atoms with Gasteiger partial charge >= 0.3 is 0 Å². The Balaban J connectivity index is 2.84. The predicted octanol–water partition coefficient (Wildman–Crippen LogP) is 1.29. The Morgan fingerprint density at radius 1 is 1.22 bits per heavy atom.